The molecule has 1 atom stereocenters. The SMILES string of the molecule is CC1=[C-]C(C)C(C)=C1C.C[Si](C)=[Zr+2].Cc1[cH-]c2cccc(C)c2c1-c1ccccc1.[Cl-].[Cl-]. The summed E-state index contributed by atoms with van der Waals surface area (Å²) in [6.45, 7) is 17.7. The first kappa shape index (κ1) is 31.2. The summed E-state index contributed by atoms with van der Waals surface area (Å²) in [6.07, 6.45) is 3.36. The molecule has 0 fully saturated rings. The van der Waals surface area contributed by atoms with E-state index in [1.165, 1.54) is 49.7 Å². The maximum Gasteiger partial charge on any atom is -0.0487 e. The first-order chi connectivity index (χ1) is 14.1. The molecule has 0 saturated carbocycles. The van der Waals surface area contributed by atoms with Crippen LogP contribution in [-0.2, 0) is 23.3 Å². The van der Waals surface area contributed by atoms with Gasteiger partial charge in [-0.15, -0.1) is 47.0 Å². The monoisotopic (exact) mass is 558 g/mol. The van der Waals surface area contributed by atoms with Gasteiger partial charge in [-0.05, 0) is 6.92 Å². The van der Waals surface area contributed by atoms with Crippen molar-refractivity contribution in [2.45, 2.75) is 54.6 Å². The van der Waals surface area contributed by atoms with Crippen LogP contribution in [-0.4, -0.2) is 5.43 Å². The third kappa shape index (κ3) is 8.21. The molecule has 0 saturated heterocycles. The second-order valence-corrected chi connectivity index (χ2v) is 17.8. The number of hydrogen-bond acceptors (Lipinski definition) is 0. The van der Waals surface area contributed by atoms with E-state index in [1.54, 1.807) is 23.3 Å². The van der Waals surface area contributed by atoms with Crippen molar-refractivity contribution in [1.29, 1.82) is 0 Å². The summed E-state index contributed by atoms with van der Waals surface area (Å²) in [7, 11) is 0. The van der Waals surface area contributed by atoms with E-state index in [1.807, 2.05) is 0 Å². The Morgan fingerprint density at radius 3 is 1.88 bits per heavy atom. The van der Waals surface area contributed by atoms with Crippen molar-refractivity contribution in [3.8, 4) is 11.1 Å². The Bertz CT molecular complexity index is 1090. The molecule has 1 aliphatic carbocycles. The zero-order valence-corrected chi connectivity index (χ0v) is 25.5. The molecule has 0 aromatic heterocycles. The Morgan fingerprint density at radius 1 is 0.875 bits per heavy atom. The molecule has 0 radical (unpaired) electrons. The van der Waals surface area contributed by atoms with Gasteiger partial charge in [0.05, 0.1) is 0 Å². The van der Waals surface area contributed by atoms with Crippen LogP contribution in [0.4, 0.5) is 0 Å². The summed E-state index contributed by atoms with van der Waals surface area (Å²) in [6, 6.07) is 19.4. The summed E-state index contributed by atoms with van der Waals surface area (Å²) in [5, 5.41) is 2.75. The van der Waals surface area contributed by atoms with Gasteiger partial charge in [-0.25, -0.2) is 5.57 Å². The van der Waals surface area contributed by atoms with Crippen LogP contribution in [0.3, 0.4) is 0 Å². The summed E-state index contributed by atoms with van der Waals surface area (Å²) in [5.41, 5.74) is 9.88. The molecule has 3 aromatic carbocycles. The Hall–Kier alpha value is -0.790. The summed E-state index contributed by atoms with van der Waals surface area (Å²) >= 11 is 1.74. The molecule has 0 nitrogen and oxygen atoms in total. The number of allylic oxidation sites excluding steroid dienone is 4. The first-order valence-corrected chi connectivity index (χ1v) is 16.8. The van der Waals surface area contributed by atoms with E-state index in [4.69, 9.17) is 0 Å². The molecule has 0 aliphatic heterocycles. The third-order valence-electron chi connectivity index (χ3n) is 5.62. The van der Waals surface area contributed by atoms with E-state index in [0.717, 1.165) is 0 Å². The molecule has 3 aromatic rings. The van der Waals surface area contributed by atoms with Crippen molar-refractivity contribution in [2.75, 3.05) is 0 Å². The summed E-state index contributed by atoms with van der Waals surface area (Å²) in [4.78, 5) is 0. The Kier molecular flexibility index (Phi) is 14.1. The molecular formula is C28H34Cl2SiZr-2. The zero-order valence-electron chi connectivity index (χ0n) is 20.5. The first-order valence-electron chi connectivity index (χ1n) is 10.6. The van der Waals surface area contributed by atoms with Crippen molar-refractivity contribution in [1.82, 2.24) is 0 Å². The van der Waals surface area contributed by atoms with Crippen LogP contribution >= 0.6 is 0 Å². The average Bonchev–Trinajstić information content (AvgIpc) is 3.14. The van der Waals surface area contributed by atoms with Crippen molar-refractivity contribution < 1.29 is 48.1 Å². The minimum absolute atomic E-state index is 0. The van der Waals surface area contributed by atoms with Gasteiger partial charge in [0.1, 0.15) is 0 Å². The molecule has 0 spiro atoms. The number of rotatable bonds is 1. The van der Waals surface area contributed by atoms with Crippen LogP contribution in [0.25, 0.3) is 21.9 Å². The predicted octanol–water partition coefficient (Wildman–Crippen LogP) is 2.36. The maximum atomic E-state index is 3.36. The van der Waals surface area contributed by atoms with E-state index in [2.05, 4.69) is 115 Å². The summed E-state index contributed by atoms with van der Waals surface area (Å²) < 4.78 is 0. The largest absolute Gasteiger partial charge is 1.00 e. The van der Waals surface area contributed by atoms with E-state index in [9.17, 15) is 0 Å². The topological polar surface area (TPSA) is 0 Å². The number of hydrogen-bond donors (Lipinski definition) is 0. The molecule has 0 amide bonds. The molecule has 4 heteroatoms. The van der Waals surface area contributed by atoms with Gasteiger partial charge in [-0.3, -0.25) is 6.08 Å². The fourth-order valence-electron chi connectivity index (χ4n) is 3.79. The van der Waals surface area contributed by atoms with Gasteiger partial charge in [-0.1, -0.05) is 81.1 Å². The fraction of sp³-hybridized carbons (Fsp3) is 0.321. The van der Waals surface area contributed by atoms with Crippen LogP contribution in [0.1, 0.15) is 38.8 Å². The minimum Gasteiger partial charge on any atom is -1.00 e. The quantitative estimate of drug-likeness (QED) is 0.317. The Morgan fingerprint density at radius 2 is 1.44 bits per heavy atom. The molecule has 1 unspecified atom stereocenters. The number of aryl methyl sites for hydroxylation is 2. The second kappa shape index (κ2) is 14.5. The molecule has 1 aliphatic rings. The maximum absolute atomic E-state index is 3.36. The van der Waals surface area contributed by atoms with Crippen molar-refractivity contribution >= 4 is 16.2 Å². The van der Waals surface area contributed by atoms with Gasteiger partial charge >= 0.3 is 41.9 Å². The van der Waals surface area contributed by atoms with E-state index in [-0.39, 0.29) is 30.2 Å². The molecule has 0 heterocycles. The number of halogens is 2. The number of benzene rings is 2. The van der Waals surface area contributed by atoms with Crippen molar-refractivity contribution in [2.24, 2.45) is 5.92 Å². The minimum atomic E-state index is 0. The molecule has 0 bridgehead atoms. The second-order valence-electron chi connectivity index (χ2n) is 8.41. The molecule has 4 rings (SSSR count). The normalized spacial score (nSPS) is 14.3. The van der Waals surface area contributed by atoms with E-state index < -0.39 is 0 Å². The van der Waals surface area contributed by atoms with Gasteiger partial charge in [0.2, 0.25) is 0 Å². The Balaban J connectivity index is 0.000000547. The van der Waals surface area contributed by atoms with Crippen molar-refractivity contribution in [3.63, 3.8) is 0 Å². The van der Waals surface area contributed by atoms with Gasteiger partial charge in [-0.2, -0.15) is 11.1 Å². The smallest absolute Gasteiger partial charge is 0.0487 e. The van der Waals surface area contributed by atoms with Crippen LogP contribution in [0.5, 0.6) is 0 Å². The van der Waals surface area contributed by atoms with E-state index >= 15 is 0 Å². The van der Waals surface area contributed by atoms with Crippen molar-refractivity contribution in [3.05, 3.63) is 88.5 Å². The van der Waals surface area contributed by atoms with Crippen LogP contribution in [0.2, 0.25) is 13.1 Å². The van der Waals surface area contributed by atoms with Gasteiger partial charge in [0.25, 0.3) is 0 Å². The average molecular weight is 561 g/mol. The molecular weight excluding hydrogens is 527 g/mol. The standard InChI is InChI=1S/C17H15.C9H13.C2H6Si.2ClH.Zr/c1-12-7-6-10-15-11-13(2)17(16(12)15)14-8-4-3-5-9-14;1-6-5-7(2)9(4)8(6)3;1-3-2;;;/h3-11H,1-2H3;6H,1-4H3;1-2H3;2*1H;/q2*-1;;;;+2/p-2. The molecule has 0 N–H and O–H groups in total. The van der Waals surface area contributed by atoms with Gasteiger partial charge in [0, 0.05) is 0 Å². The predicted molar refractivity (Wildman–Crippen MR) is 132 cm³/mol. The summed E-state index contributed by atoms with van der Waals surface area (Å²) in [5.74, 6) is 0.560. The zero-order chi connectivity index (χ0) is 22.4. The Labute approximate surface area is 223 Å². The van der Waals surface area contributed by atoms with Crippen LogP contribution in [0.15, 0.2) is 71.3 Å². The van der Waals surface area contributed by atoms with Crippen LogP contribution < -0.4 is 24.8 Å². The van der Waals surface area contributed by atoms with E-state index in [0.29, 0.717) is 5.92 Å². The number of fused-ring (bicyclic) bond motifs is 1. The van der Waals surface area contributed by atoms with Gasteiger partial charge < -0.3 is 24.8 Å². The molecule has 170 valence electrons. The van der Waals surface area contributed by atoms with Crippen LogP contribution in [0, 0.1) is 25.8 Å². The van der Waals surface area contributed by atoms with Gasteiger partial charge in [0.15, 0.2) is 0 Å². The molecule has 32 heavy (non-hydrogen) atoms. The fourth-order valence-corrected chi connectivity index (χ4v) is 3.79. The third-order valence-corrected chi connectivity index (χ3v) is 5.62.